The number of benzene rings is 3. The van der Waals surface area contributed by atoms with Crippen LogP contribution in [0.15, 0.2) is 88.5 Å². The molecule has 0 fully saturated rings. The molecule has 4 aromatic rings. The molecule has 9 heteroatoms. The van der Waals surface area contributed by atoms with Crippen LogP contribution in [-0.2, 0) is 17.1 Å². The maximum absolute atomic E-state index is 12.4. The molecule has 0 saturated heterocycles. The fourth-order valence-electron chi connectivity index (χ4n) is 3.19. The molecule has 1 amide bonds. The zero-order chi connectivity index (χ0) is 23.8. The Morgan fingerprint density at radius 1 is 1.00 bits per heavy atom. The molecule has 0 radical (unpaired) electrons. The third-order valence-corrected chi connectivity index (χ3v) is 6.39. The van der Waals surface area contributed by atoms with Gasteiger partial charge in [0, 0.05) is 10.2 Å². The zero-order valence-corrected chi connectivity index (χ0v) is 20.9. The van der Waals surface area contributed by atoms with Gasteiger partial charge in [0.05, 0.1) is 19.3 Å². The van der Waals surface area contributed by atoms with E-state index in [1.807, 2.05) is 59.2 Å². The minimum Gasteiger partial charge on any atom is -0.495 e. The van der Waals surface area contributed by atoms with E-state index >= 15 is 0 Å². The molecule has 7 nitrogen and oxygen atoms in total. The van der Waals surface area contributed by atoms with E-state index in [0.29, 0.717) is 22.5 Å². The number of halogens is 1. The minimum atomic E-state index is -0.248. The Hall–Kier alpha value is -3.30. The quantitative estimate of drug-likeness (QED) is 0.285. The van der Waals surface area contributed by atoms with Crippen molar-refractivity contribution in [2.24, 2.45) is 0 Å². The molecule has 4 rings (SSSR count). The number of thioether (sulfide) groups is 1. The average molecular weight is 539 g/mol. The third-order valence-electron chi connectivity index (χ3n) is 4.86. The first-order valence-electron chi connectivity index (χ1n) is 10.5. The van der Waals surface area contributed by atoms with Gasteiger partial charge in [-0.3, -0.25) is 9.36 Å². The van der Waals surface area contributed by atoms with Gasteiger partial charge >= 0.3 is 0 Å². The lowest BCUT2D eigenvalue weighted by atomic mass is 10.2. The second-order valence-electron chi connectivity index (χ2n) is 7.20. The summed E-state index contributed by atoms with van der Waals surface area (Å²) < 4.78 is 14.0. The number of hydrogen-bond donors (Lipinski definition) is 1. The van der Waals surface area contributed by atoms with Crippen LogP contribution in [-0.4, -0.2) is 34.4 Å². The van der Waals surface area contributed by atoms with Crippen molar-refractivity contribution >= 4 is 33.6 Å². The van der Waals surface area contributed by atoms with Gasteiger partial charge < -0.3 is 14.8 Å². The highest BCUT2D eigenvalue weighted by Gasteiger charge is 2.18. The average Bonchev–Trinajstić information content (AvgIpc) is 3.29. The summed E-state index contributed by atoms with van der Waals surface area (Å²) in [5.74, 6) is 2.39. The molecule has 0 bridgehead atoms. The lowest BCUT2D eigenvalue weighted by molar-refractivity contribution is -0.123. The van der Waals surface area contributed by atoms with E-state index in [2.05, 4.69) is 43.6 Å². The van der Waals surface area contributed by atoms with Gasteiger partial charge in [-0.25, -0.2) is 0 Å². The predicted molar refractivity (Wildman–Crippen MR) is 135 cm³/mol. The molecule has 0 saturated carbocycles. The normalized spacial score (nSPS) is 10.6. The van der Waals surface area contributed by atoms with Crippen LogP contribution in [0.3, 0.4) is 0 Å². The molecule has 0 aliphatic rings. The fraction of sp³-hybridized carbons (Fsp3) is 0.160. The maximum Gasteiger partial charge on any atom is 0.258 e. The van der Waals surface area contributed by atoms with Crippen LogP contribution in [0.4, 0.5) is 0 Å². The van der Waals surface area contributed by atoms with Gasteiger partial charge in [0.2, 0.25) is 0 Å². The van der Waals surface area contributed by atoms with Crippen LogP contribution in [0.2, 0.25) is 0 Å². The zero-order valence-electron chi connectivity index (χ0n) is 18.5. The predicted octanol–water partition coefficient (Wildman–Crippen LogP) is 5.03. The Bertz CT molecular complexity index is 1230. The highest BCUT2D eigenvalue weighted by molar-refractivity contribution is 9.10. The van der Waals surface area contributed by atoms with Crippen molar-refractivity contribution in [2.75, 3.05) is 13.7 Å². The lowest BCUT2D eigenvalue weighted by Crippen LogP contribution is -2.29. The highest BCUT2D eigenvalue weighted by Crippen LogP contribution is 2.30. The van der Waals surface area contributed by atoms with E-state index < -0.39 is 0 Å². The van der Waals surface area contributed by atoms with Crippen molar-refractivity contribution in [3.05, 3.63) is 94.7 Å². The summed E-state index contributed by atoms with van der Waals surface area (Å²) >= 11 is 5.03. The summed E-state index contributed by atoms with van der Waals surface area (Å²) in [6.45, 7) is 0.110. The van der Waals surface area contributed by atoms with Crippen LogP contribution in [0.5, 0.6) is 11.5 Å². The molecule has 1 heterocycles. The van der Waals surface area contributed by atoms with E-state index in [-0.39, 0.29) is 19.1 Å². The van der Waals surface area contributed by atoms with Crippen LogP contribution in [0.25, 0.3) is 5.69 Å². The van der Waals surface area contributed by atoms with Crippen LogP contribution in [0, 0.1) is 0 Å². The van der Waals surface area contributed by atoms with Gasteiger partial charge in [-0.15, -0.1) is 10.2 Å². The largest absolute Gasteiger partial charge is 0.495 e. The molecular weight excluding hydrogens is 516 g/mol. The first-order chi connectivity index (χ1) is 16.6. The van der Waals surface area contributed by atoms with Crippen LogP contribution < -0.4 is 14.8 Å². The molecular formula is C25H23BrN4O3S. The summed E-state index contributed by atoms with van der Waals surface area (Å²) in [6.07, 6.45) is 0. The highest BCUT2D eigenvalue weighted by atomic mass is 79.9. The first kappa shape index (κ1) is 23.8. The smallest absolute Gasteiger partial charge is 0.258 e. The van der Waals surface area contributed by atoms with Gasteiger partial charge in [0.1, 0.15) is 11.5 Å². The Labute approximate surface area is 210 Å². The number of amides is 1. The Kier molecular flexibility index (Phi) is 8.21. The molecule has 174 valence electrons. The third kappa shape index (κ3) is 6.18. The van der Waals surface area contributed by atoms with Crippen LogP contribution in [0.1, 0.15) is 11.4 Å². The monoisotopic (exact) mass is 538 g/mol. The van der Waals surface area contributed by atoms with Crippen molar-refractivity contribution in [3.8, 4) is 17.2 Å². The number of hydrogen-bond acceptors (Lipinski definition) is 6. The van der Waals surface area contributed by atoms with Crippen molar-refractivity contribution < 1.29 is 14.3 Å². The lowest BCUT2D eigenvalue weighted by Gasteiger charge is -2.14. The molecule has 0 spiro atoms. The fourth-order valence-corrected chi connectivity index (χ4v) is 4.37. The molecule has 0 aliphatic carbocycles. The van der Waals surface area contributed by atoms with Gasteiger partial charge in [0.25, 0.3) is 5.91 Å². The summed E-state index contributed by atoms with van der Waals surface area (Å²) in [5, 5.41) is 12.3. The van der Waals surface area contributed by atoms with E-state index in [1.54, 1.807) is 31.0 Å². The van der Waals surface area contributed by atoms with Gasteiger partial charge in [-0.1, -0.05) is 70.2 Å². The van der Waals surface area contributed by atoms with Crippen molar-refractivity contribution in [3.63, 3.8) is 0 Å². The van der Waals surface area contributed by atoms with E-state index in [4.69, 9.17) is 9.47 Å². The maximum atomic E-state index is 12.4. The number of ether oxygens (including phenoxy) is 2. The number of carbonyl (C=O) groups is 1. The molecule has 3 aromatic carbocycles. The topological polar surface area (TPSA) is 78.3 Å². The number of aromatic nitrogens is 3. The summed E-state index contributed by atoms with van der Waals surface area (Å²) in [5.41, 5.74) is 1.97. The second kappa shape index (κ2) is 11.7. The van der Waals surface area contributed by atoms with Gasteiger partial charge in [0.15, 0.2) is 17.6 Å². The van der Waals surface area contributed by atoms with Crippen molar-refractivity contribution in [1.29, 1.82) is 0 Å². The molecule has 0 aliphatic heterocycles. The van der Waals surface area contributed by atoms with Gasteiger partial charge in [-0.05, 0) is 42.0 Å². The van der Waals surface area contributed by atoms with E-state index in [9.17, 15) is 4.79 Å². The molecule has 1 aromatic heterocycles. The molecule has 0 unspecified atom stereocenters. The first-order valence-corrected chi connectivity index (χ1v) is 12.3. The number of nitrogens with one attached hydrogen (secondary N) is 1. The minimum absolute atomic E-state index is 0.0853. The molecule has 0 atom stereocenters. The number of methoxy groups -OCH3 is 1. The standard InChI is InChI=1S/C25H23BrN4O3S/c1-32-22-10-6-5-9-21(22)30-23(15-27-24(31)16-33-20-7-3-2-4-8-20)28-29-25(30)34-17-18-11-13-19(26)14-12-18/h2-14H,15-17H2,1H3,(H,27,31). The second-order valence-corrected chi connectivity index (χ2v) is 9.06. The Balaban J connectivity index is 1.50. The number of carbonyl (C=O) groups excluding carboxylic acids is 1. The van der Waals surface area contributed by atoms with Crippen LogP contribution >= 0.6 is 27.7 Å². The molecule has 34 heavy (non-hydrogen) atoms. The Morgan fingerprint density at radius 3 is 2.50 bits per heavy atom. The SMILES string of the molecule is COc1ccccc1-n1c(CNC(=O)COc2ccccc2)nnc1SCc1ccc(Br)cc1. The molecule has 1 N–H and O–H groups in total. The van der Waals surface area contributed by atoms with E-state index in [1.165, 1.54) is 0 Å². The van der Waals surface area contributed by atoms with E-state index in [0.717, 1.165) is 21.5 Å². The number of rotatable bonds is 10. The summed E-state index contributed by atoms with van der Waals surface area (Å²) in [4.78, 5) is 12.4. The number of para-hydroxylation sites is 3. The summed E-state index contributed by atoms with van der Waals surface area (Å²) in [6, 6.07) is 25.0. The van der Waals surface area contributed by atoms with Gasteiger partial charge in [-0.2, -0.15) is 0 Å². The number of nitrogens with zero attached hydrogens (tertiary/aromatic N) is 3. The van der Waals surface area contributed by atoms with Crippen molar-refractivity contribution in [2.45, 2.75) is 17.5 Å². The Morgan fingerprint density at radius 2 is 1.74 bits per heavy atom. The van der Waals surface area contributed by atoms with Crippen molar-refractivity contribution in [1.82, 2.24) is 20.1 Å². The summed E-state index contributed by atoms with van der Waals surface area (Å²) in [7, 11) is 1.63.